The van der Waals surface area contributed by atoms with Crippen LogP contribution in [0.4, 0.5) is 11.8 Å². The highest BCUT2D eigenvalue weighted by atomic mass is 16.5. The maximum Gasteiger partial charge on any atom is 0.224 e. The Hall–Kier alpha value is -3.02. The van der Waals surface area contributed by atoms with Crippen LogP contribution in [0, 0.1) is 0 Å². The fraction of sp³-hybridized carbons (Fsp3) is 0.176. The van der Waals surface area contributed by atoms with Crippen molar-refractivity contribution in [1.29, 1.82) is 0 Å². The smallest absolute Gasteiger partial charge is 0.224 e. The Morgan fingerprint density at radius 3 is 2.65 bits per heavy atom. The van der Waals surface area contributed by atoms with Gasteiger partial charge < -0.3 is 19.8 Å². The zero-order valence-corrected chi connectivity index (χ0v) is 12.8. The Bertz CT molecular complexity index is 727. The van der Waals surface area contributed by atoms with E-state index in [4.69, 9.17) is 9.15 Å². The van der Waals surface area contributed by atoms with Crippen LogP contribution < -0.4 is 15.4 Å². The summed E-state index contributed by atoms with van der Waals surface area (Å²) in [5.41, 5.74) is 1.15. The molecule has 2 heterocycles. The first-order chi connectivity index (χ1) is 11.3. The van der Waals surface area contributed by atoms with Crippen LogP contribution in [-0.2, 0) is 13.1 Å². The second kappa shape index (κ2) is 7.31. The SMILES string of the molecule is COc1ccc(CNc2ccnc(NCc3ccco3)n2)cc1. The molecule has 23 heavy (non-hydrogen) atoms. The molecule has 6 heteroatoms. The number of rotatable bonds is 7. The van der Waals surface area contributed by atoms with Crippen LogP contribution in [0.1, 0.15) is 11.3 Å². The van der Waals surface area contributed by atoms with Crippen molar-refractivity contribution in [3.8, 4) is 5.75 Å². The molecule has 0 spiro atoms. The maximum absolute atomic E-state index is 5.27. The average Bonchev–Trinajstić information content (AvgIpc) is 3.12. The first kappa shape index (κ1) is 14.9. The van der Waals surface area contributed by atoms with Gasteiger partial charge in [-0.25, -0.2) is 4.98 Å². The number of nitrogens with one attached hydrogen (secondary N) is 2. The summed E-state index contributed by atoms with van der Waals surface area (Å²) in [5.74, 6) is 3.00. The van der Waals surface area contributed by atoms with E-state index in [-0.39, 0.29) is 0 Å². The van der Waals surface area contributed by atoms with E-state index < -0.39 is 0 Å². The monoisotopic (exact) mass is 310 g/mol. The molecule has 3 rings (SSSR count). The highest BCUT2D eigenvalue weighted by Gasteiger charge is 2.01. The summed E-state index contributed by atoms with van der Waals surface area (Å²) < 4.78 is 10.4. The number of benzene rings is 1. The first-order valence-electron chi connectivity index (χ1n) is 7.29. The Labute approximate surface area is 134 Å². The zero-order valence-electron chi connectivity index (χ0n) is 12.8. The van der Waals surface area contributed by atoms with E-state index in [0.29, 0.717) is 19.0 Å². The van der Waals surface area contributed by atoms with E-state index in [2.05, 4.69) is 20.6 Å². The summed E-state index contributed by atoms with van der Waals surface area (Å²) in [6.45, 7) is 1.23. The second-order valence-electron chi connectivity index (χ2n) is 4.90. The average molecular weight is 310 g/mol. The molecule has 0 fully saturated rings. The van der Waals surface area contributed by atoms with E-state index >= 15 is 0 Å². The summed E-state index contributed by atoms with van der Waals surface area (Å²) in [6.07, 6.45) is 3.36. The summed E-state index contributed by atoms with van der Waals surface area (Å²) >= 11 is 0. The van der Waals surface area contributed by atoms with Crippen LogP contribution in [0.2, 0.25) is 0 Å². The quantitative estimate of drug-likeness (QED) is 0.697. The maximum atomic E-state index is 5.27. The van der Waals surface area contributed by atoms with Crippen molar-refractivity contribution >= 4 is 11.8 Å². The summed E-state index contributed by atoms with van der Waals surface area (Å²) in [6, 6.07) is 13.5. The second-order valence-corrected chi connectivity index (χ2v) is 4.90. The molecule has 2 N–H and O–H groups in total. The molecular weight excluding hydrogens is 292 g/mol. The van der Waals surface area contributed by atoms with Gasteiger partial charge in [0.2, 0.25) is 5.95 Å². The first-order valence-corrected chi connectivity index (χ1v) is 7.29. The van der Waals surface area contributed by atoms with Gasteiger partial charge in [0, 0.05) is 12.7 Å². The van der Waals surface area contributed by atoms with Gasteiger partial charge in [-0.3, -0.25) is 0 Å². The molecule has 6 nitrogen and oxygen atoms in total. The van der Waals surface area contributed by atoms with Crippen LogP contribution >= 0.6 is 0 Å². The lowest BCUT2D eigenvalue weighted by molar-refractivity contribution is 0.414. The lowest BCUT2D eigenvalue weighted by atomic mass is 10.2. The van der Waals surface area contributed by atoms with E-state index in [0.717, 1.165) is 22.9 Å². The zero-order chi connectivity index (χ0) is 15.9. The van der Waals surface area contributed by atoms with Crippen LogP contribution in [-0.4, -0.2) is 17.1 Å². The third-order valence-electron chi connectivity index (χ3n) is 3.29. The number of hydrogen-bond acceptors (Lipinski definition) is 6. The van der Waals surface area contributed by atoms with Gasteiger partial charge in [-0.1, -0.05) is 12.1 Å². The van der Waals surface area contributed by atoms with Gasteiger partial charge in [0.15, 0.2) is 0 Å². The molecule has 0 saturated heterocycles. The number of hydrogen-bond donors (Lipinski definition) is 2. The minimum Gasteiger partial charge on any atom is -0.497 e. The molecule has 0 amide bonds. The van der Waals surface area contributed by atoms with Gasteiger partial charge >= 0.3 is 0 Å². The topological polar surface area (TPSA) is 72.2 Å². The number of furan rings is 1. The van der Waals surface area contributed by atoms with Crippen molar-refractivity contribution in [3.63, 3.8) is 0 Å². The molecule has 1 aromatic carbocycles. The number of ether oxygens (including phenoxy) is 1. The van der Waals surface area contributed by atoms with E-state index in [1.165, 1.54) is 0 Å². The lowest BCUT2D eigenvalue weighted by Gasteiger charge is -2.08. The van der Waals surface area contributed by atoms with Crippen LogP contribution in [0.15, 0.2) is 59.3 Å². The van der Waals surface area contributed by atoms with Crippen LogP contribution in [0.5, 0.6) is 5.75 Å². The van der Waals surface area contributed by atoms with E-state index in [1.54, 1.807) is 19.6 Å². The normalized spacial score (nSPS) is 10.3. The van der Waals surface area contributed by atoms with Crippen molar-refractivity contribution in [1.82, 2.24) is 9.97 Å². The van der Waals surface area contributed by atoms with Crippen molar-refractivity contribution in [2.45, 2.75) is 13.1 Å². The molecule has 0 atom stereocenters. The Morgan fingerprint density at radius 1 is 1.04 bits per heavy atom. The van der Waals surface area contributed by atoms with Gasteiger partial charge in [-0.05, 0) is 35.9 Å². The predicted octanol–water partition coefficient (Wildman–Crippen LogP) is 3.30. The molecule has 2 aromatic heterocycles. The summed E-state index contributed by atoms with van der Waals surface area (Å²) in [5, 5.41) is 6.40. The molecule has 3 aromatic rings. The molecule has 0 aliphatic heterocycles. The van der Waals surface area contributed by atoms with Gasteiger partial charge in [0.05, 0.1) is 19.9 Å². The number of aromatic nitrogens is 2. The Balaban J connectivity index is 1.56. The highest BCUT2D eigenvalue weighted by molar-refractivity contribution is 5.40. The van der Waals surface area contributed by atoms with Gasteiger partial charge in [0.1, 0.15) is 17.3 Å². The van der Waals surface area contributed by atoms with Crippen molar-refractivity contribution < 1.29 is 9.15 Å². The Kier molecular flexibility index (Phi) is 4.73. The van der Waals surface area contributed by atoms with Crippen molar-refractivity contribution in [2.24, 2.45) is 0 Å². The summed E-state index contributed by atoms with van der Waals surface area (Å²) in [7, 11) is 1.66. The van der Waals surface area contributed by atoms with Crippen LogP contribution in [0.25, 0.3) is 0 Å². The molecule has 0 radical (unpaired) electrons. The van der Waals surface area contributed by atoms with Gasteiger partial charge in [-0.2, -0.15) is 4.98 Å². The number of anilines is 2. The minimum atomic E-state index is 0.551. The van der Waals surface area contributed by atoms with Crippen LogP contribution in [0.3, 0.4) is 0 Å². The largest absolute Gasteiger partial charge is 0.497 e. The molecule has 0 saturated carbocycles. The Morgan fingerprint density at radius 2 is 1.91 bits per heavy atom. The van der Waals surface area contributed by atoms with E-state index in [1.807, 2.05) is 42.5 Å². The fourth-order valence-electron chi connectivity index (χ4n) is 2.06. The molecule has 0 bridgehead atoms. The lowest BCUT2D eigenvalue weighted by Crippen LogP contribution is -2.06. The molecule has 0 aliphatic rings. The molecule has 0 aliphatic carbocycles. The standard InChI is InChI=1S/C17H18N4O2/c1-22-14-6-4-13(5-7-14)11-19-16-8-9-18-17(21-16)20-12-15-3-2-10-23-15/h2-10H,11-12H2,1H3,(H2,18,19,20,21). The molecular formula is C17H18N4O2. The fourth-order valence-corrected chi connectivity index (χ4v) is 2.06. The molecule has 118 valence electrons. The predicted molar refractivity (Wildman–Crippen MR) is 88.4 cm³/mol. The third kappa shape index (κ3) is 4.23. The number of methoxy groups -OCH3 is 1. The van der Waals surface area contributed by atoms with Gasteiger partial charge in [-0.15, -0.1) is 0 Å². The van der Waals surface area contributed by atoms with E-state index in [9.17, 15) is 0 Å². The third-order valence-corrected chi connectivity index (χ3v) is 3.29. The number of nitrogens with zero attached hydrogens (tertiary/aromatic N) is 2. The minimum absolute atomic E-state index is 0.551. The molecule has 0 unspecified atom stereocenters. The summed E-state index contributed by atoms with van der Waals surface area (Å²) in [4.78, 5) is 8.62. The highest BCUT2D eigenvalue weighted by Crippen LogP contribution is 2.13. The van der Waals surface area contributed by atoms with Gasteiger partial charge in [0.25, 0.3) is 0 Å². The van der Waals surface area contributed by atoms with Crippen molar-refractivity contribution in [2.75, 3.05) is 17.7 Å². The van der Waals surface area contributed by atoms with Crippen molar-refractivity contribution in [3.05, 3.63) is 66.2 Å².